The Hall–Kier alpha value is -4.99. The van der Waals surface area contributed by atoms with E-state index in [-0.39, 0.29) is 29.8 Å². The number of anilines is 2. The van der Waals surface area contributed by atoms with Gasteiger partial charge in [-0.05, 0) is 41.3 Å². The van der Waals surface area contributed by atoms with Crippen molar-refractivity contribution in [3.05, 3.63) is 112 Å². The third kappa shape index (κ3) is 5.23. The van der Waals surface area contributed by atoms with Crippen molar-refractivity contribution in [2.24, 2.45) is 4.99 Å². The van der Waals surface area contributed by atoms with E-state index in [4.69, 9.17) is 9.72 Å². The molecule has 0 unspecified atom stereocenters. The van der Waals surface area contributed by atoms with Crippen molar-refractivity contribution in [3.63, 3.8) is 0 Å². The molecule has 0 atom stereocenters. The van der Waals surface area contributed by atoms with E-state index < -0.39 is 0 Å². The number of hydrogen-bond acceptors (Lipinski definition) is 6. The number of ether oxygens (including phenoxy) is 1. The lowest BCUT2D eigenvalue weighted by molar-refractivity contribution is 0.229. The lowest BCUT2D eigenvalue weighted by Gasteiger charge is -2.22. The maximum atomic E-state index is 14.2. The highest BCUT2D eigenvalue weighted by Gasteiger charge is 2.31. The number of aliphatic imine (C=N–C) groups is 1. The predicted octanol–water partition coefficient (Wildman–Crippen LogP) is 4.67. The molecule has 0 bridgehead atoms. The van der Waals surface area contributed by atoms with Crippen LogP contribution in [0.5, 0.6) is 5.75 Å². The topological polar surface area (TPSA) is 82.8 Å². The Kier molecular flexibility index (Phi) is 7.20. The number of fused-ring (bicyclic) bond motifs is 1. The standard InChI is InChI=1S/C32H31FN6O3/c1-36(2)25-17-27(38-14-13-37(3)32(38)41)30-35-28(26-16-23(18-34-26)15-21-9-11-24(33)12-10-21)29(31(40)39(30)19-25)42-20-22-7-5-4-6-8-22/h4-12,17-19H,13-16,20H2,1-3H3. The van der Waals surface area contributed by atoms with Gasteiger partial charge in [0.1, 0.15) is 18.1 Å². The number of pyridine rings is 1. The fourth-order valence-electron chi connectivity index (χ4n) is 5.15. The number of urea groups is 1. The molecule has 2 aromatic heterocycles. The van der Waals surface area contributed by atoms with E-state index in [1.807, 2.05) is 55.4 Å². The van der Waals surface area contributed by atoms with Crippen LogP contribution in [-0.4, -0.2) is 60.3 Å². The zero-order valence-electron chi connectivity index (χ0n) is 23.7. The van der Waals surface area contributed by atoms with Crippen LogP contribution in [0.25, 0.3) is 5.65 Å². The summed E-state index contributed by atoms with van der Waals surface area (Å²) in [4.78, 5) is 42.1. The Morgan fingerprint density at radius 3 is 2.45 bits per heavy atom. The first-order valence-corrected chi connectivity index (χ1v) is 13.7. The largest absolute Gasteiger partial charge is 0.481 e. The first kappa shape index (κ1) is 27.2. The number of likely N-dealkylation sites (N-methyl/N-ethyl adjacent to an activating group) is 1. The molecule has 2 amide bonds. The van der Waals surface area contributed by atoms with Crippen LogP contribution in [0.15, 0.2) is 88.4 Å². The molecule has 4 aromatic rings. The average molecular weight is 567 g/mol. The molecule has 0 saturated carbocycles. The summed E-state index contributed by atoms with van der Waals surface area (Å²) in [6.45, 7) is 1.22. The van der Waals surface area contributed by atoms with E-state index >= 15 is 0 Å². The lowest BCUT2D eigenvalue weighted by Crippen LogP contribution is -2.31. The summed E-state index contributed by atoms with van der Waals surface area (Å²) in [5.41, 5.74) is 5.07. The molecule has 9 nitrogen and oxygen atoms in total. The van der Waals surface area contributed by atoms with E-state index in [0.29, 0.717) is 48.7 Å². The molecule has 2 aromatic carbocycles. The summed E-state index contributed by atoms with van der Waals surface area (Å²) in [6.07, 6.45) is 4.54. The zero-order chi connectivity index (χ0) is 29.4. The molecule has 2 aliphatic rings. The number of halogens is 1. The lowest BCUT2D eigenvalue weighted by atomic mass is 10.0. The number of amides is 2. The SMILES string of the molecule is CN1CCN(c2cc(N(C)C)cn3c(=O)c(OCc4ccccc4)c(C4=NC=C(Cc5ccc(F)cc5)C4)nc23)C1=O. The second-order valence-electron chi connectivity index (χ2n) is 10.7. The Labute approximate surface area is 242 Å². The zero-order valence-corrected chi connectivity index (χ0v) is 23.7. The maximum absolute atomic E-state index is 14.2. The van der Waals surface area contributed by atoms with Crippen LogP contribution in [0.3, 0.4) is 0 Å². The number of carbonyl (C=O) groups is 1. The number of rotatable bonds is 8. The van der Waals surface area contributed by atoms with Crippen molar-refractivity contribution in [2.45, 2.75) is 19.4 Å². The highest BCUT2D eigenvalue weighted by atomic mass is 19.1. The van der Waals surface area contributed by atoms with Gasteiger partial charge >= 0.3 is 11.6 Å². The summed E-state index contributed by atoms with van der Waals surface area (Å²) in [5.74, 6) is -0.189. The van der Waals surface area contributed by atoms with Crippen LogP contribution < -0.4 is 20.1 Å². The molecule has 4 heterocycles. The number of aromatic nitrogens is 2. The monoisotopic (exact) mass is 566 g/mol. The second kappa shape index (κ2) is 11.1. The minimum atomic E-state index is -0.384. The first-order valence-electron chi connectivity index (χ1n) is 13.7. The average Bonchev–Trinajstić information content (AvgIpc) is 3.59. The fraction of sp³-hybridized carbons (Fsp3) is 0.250. The molecular formula is C32H31FN6O3. The summed E-state index contributed by atoms with van der Waals surface area (Å²) in [7, 11) is 5.51. The van der Waals surface area contributed by atoms with Crippen LogP contribution >= 0.6 is 0 Å². The van der Waals surface area contributed by atoms with Crippen molar-refractivity contribution >= 4 is 28.8 Å². The molecule has 1 fully saturated rings. The molecular weight excluding hydrogens is 535 g/mol. The first-order chi connectivity index (χ1) is 20.3. The molecule has 214 valence electrons. The van der Waals surface area contributed by atoms with Crippen molar-refractivity contribution in [1.29, 1.82) is 0 Å². The van der Waals surface area contributed by atoms with Gasteiger partial charge in [-0.3, -0.25) is 19.1 Å². The van der Waals surface area contributed by atoms with Gasteiger partial charge in [0.15, 0.2) is 5.65 Å². The van der Waals surface area contributed by atoms with Gasteiger partial charge in [-0.1, -0.05) is 42.5 Å². The fourth-order valence-corrected chi connectivity index (χ4v) is 5.15. The van der Waals surface area contributed by atoms with Crippen LogP contribution in [-0.2, 0) is 13.0 Å². The minimum Gasteiger partial charge on any atom is -0.481 e. The van der Waals surface area contributed by atoms with Gasteiger partial charge < -0.3 is 14.5 Å². The van der Waals surface area contributed by atoms with Crippen LogP contribution in [0.2, 0.25) is 0 Å². The van der Waals surface area contributed by atoms with E-state index in [1.54, 1.807) is 41.4 Å². The van der Waals surface area contributed by atoms with Gasteiger partial charge in [0.2, 0.25) is 5.75 Å². The summed E-state index contributed by atoms with van der Waals surface area (Å²) < 4.78 is 21.1. The maximum Gasteiger partial charge on any atom is 0.324 e. The number of benzene rings is 2. The quantitative estimate of drug-likeness (QED) is 0.310. The van der Waals surface area contributed by atoms with Crippen molar-refractivity contribution in [1.82, 2.24) is 14.3 Å². The van der Waals surface area contributed by atoms with E-state index in [2.05, 4.69) is 4.99 Å². The molecule has 1 saturated heterocycles. The summed E-state index contributed by atoms with van der Waals surface area (Å²) in [5, 5.41) is 0. The second-order valence-corrected chi connectivity index (χ2v) is 10.7. The Bertz CT molecular complexity index is 1780. The number of nitrogens with zero attached hydrogens (tertiary/aromatic N) is 6. The van der Waals surface area contributed by atoms with Crippen molar-refractivity contribution in [3.8, 4) is 5.75 Å². The van der Waals surface area contributed by atoms with Gasteiger partial charge in [-0.2, -0.15) is 0 Å². The van der Waals surface area contributed by atoms with Crippen LogP contribution in [0.1, 0.15) is 23.2 Å². The Morgan fingerprint density at radius 2 is 1.76 bits per heavy atom. The molecule has 0 N–H and O–H groups in total. The van der Waals surface area contributed by atoms with E-state index in [0.717, 1.165) is 22.4 Å². The molecule has 10 heteroatoms. The highest BCUT2D eigenvalue weighted by Crippen LogP contribution is 2.31. The Balaban J connectivity index is 1.45. The van der Waals surface area contributed by atoms with Gasteiger partial charge in [-0.15, -0.1) is 0 Å². The minimum absolute atomic E-state index is 0.0956. The molecule has 0 spiro atoms. The third-order valence-corrected chi connectivity index (χ3v) is 7.51. The van der Waals surface area contributed by atoms with Crippen molar-refractivity contribution in [2.75, 3.05) is 44.0 Å². The van der Waals surface area contributed by atoms with E-state index in [1.165, 1.54) is 16.5 Å². The summed E-state index contributed by atoms with van der Waals surface area (Å²) >= 11 is 0. The van der Waals surface area contributed by atoms with Gasteiger partial charge in [0.25, 0.3) is 0 Å². The van der Waals surface area contributed by atoms with Crippen LogP contribution in [0.4, 0.5) is 20.6 Å². The number of hydrogen-bond donors (Lipinski definition) is 0. The molecule has 0 radical (unpaired) electrons. The smallest absolute Gasteiger partial charge is 0.324 e. The molecule has 0 aliphatic carbocycles. The van der Waals surface area contributed by atoms with E-state index in [9.17, 15) is 14.0 Å². The predicted molar refractivity (Wildman–Crippen MR) is 161 cm³/mol. The Morgan fingerprint density at radius 1 is 1.00 bits per heavy atom. The molecule has 2 aliphatic heterocycles. The van der Waals surface area contributed by atoms with Gasteiger partial charge in [0.05, 0.1) is 17.1 Å². The number of carbonyl (C=O) groups excluding carboxylic acids is 1. The molecule has 42 heavy (non-hydrogen) atoms. The normalized spacial score (nSPS) is 14.9. The van der Waals surface area contributed by atoms with Gasteiger partial charge in [-0.25, -0.2) is 14.2 Å². The van der Waals surface area contributed by atoms with Gasteiger partial charge in [0, 0.05) is 53.1 Å². The van der Waals surface area contributed by atoms with Crippen molar-refractivity contribution < 1.29 is 13.9 Å². The number of allylic oxidation sites excluding steroid dienone is 1. The third-order valence-electron chi connectivity index (χ3n) is 7.51. The summed E-state index contributed by atoms with van der Waals surface area (Å²) in [6, 6.07) is 17.7. The van der Waals surface area contributed by atoms with Crippen LogP contribution in [0, 0.1) is 5.82 Å². The molecule has 6 rings (SSSR count). The highest BCUT2D eigenvalue weighted by molar-refractivity contribution is 6.05.